The van der Waals surface area contributed by atoms with E-state index in [2.05, 4.69) is 69.4 Å². The Morgan fingerprint density at radius 2 is 0.529 bits per heavy atom. The molecule has 0 fully saturated rings. The molecule has 0 rings (SSSR count). The number of esters is 3. The van der Waals surface area contributed by atoms with Gasteiger partial charge in [0.1, 0.15) is 13.2 Å². The summed E-state index contributed by atoms with van der Waals surface area (Å²) in [5.41, 5.74) is 0. The number of carbonyl (C=O) groups excluding carboxylic acids is 3. The Balaban J connectivity index is 4.32. The second-order valence-corrected chi connectivity index (χ2v) is 20.6. The standard InChI is InChI=1S/C64H116O6/c1-4-7-10-13-16-19-22-25-28-30-31-32-33-34-35-37-39-42-45-48-51-54-57-63(66)69-60-61(59-68-62(65)56-53-50-47-44-41-38-27-24-21-18-15-12-9-6-3)70-64(67)58-55-52-49-46-43-40-36-29-26-23-20-17-14-11-8-5-2/h15,18,20,23-24,27,29,36,61H,4-14,16-17,19,21-22,25-26,28,30-35,37-60H2,1-3H3/b18-15-,23-20-,27-24-,36-29-. The van der Waals surface area contributed by atoms with Crippen molar-refractivity contribution >= 4 is 17.9 Å². The predicted molar refractivity (Wildman–Crippen MR) is 302 cm³/mol. The van der Waals surface area contributed by atoms with Gasteiger partial charge in [-0.2, -0.15) is 0 Å². The molecule has 0 heterocycles. The summed E-state index contributed by atoms with van der Waals surface area (Å²) in [7, 11) is 0. The fraction of sp³-hybridized carbons (Fsp3) is 0.828. The molecule has 1 atom stereocenters. The van der Waals surface area contributed by atoms with Gasteiger partial charge < -0.3 is 14.2 Å². The minimum Gasteiger partial charge on any atom is -0.462 e. The number of allylic oxidation sites excluding steroid dienone is 8. The second-order valence-electron chi connectivity index (χ2n) is 20.6. The van der Waals surface area contributed by atoms with Crippen molar-refractivity contribution in [3.05, 3.63) is 48.6 Å². The van der Waals surface area contributed by atoms with E-state index in [4.69, 9.17) is 14.2 Å². The van der Waals surface area contributed by atoms with Crippen molar-refractivity contribution in [2.75, 3.05) is 13.2 Å². The molecule has 0 saturated heterocycles. The van der Waals surface area contributed by atoms with Crippen LogP contribution in [-0.2, 0) is 28.6 Å². The van der Waals surface area contributed by atoms with Crippen molar-refractivity contribution < 1.29 is 28.6 Å². The number of rotatable bonds is 56. The van der Waals surface area contributed by atoms with Crippen LogP contribution in [0.2, 0.25) is 0 Å². The zero-order valence-corrected chi connectivity index (χ0v) is 46.8. The van der Waals surface area contributed by atoms with E-state index in [1.54, 1.807) is 0 Å². The van der Waals surface area contributed by atoms with Crippen LogP contribution >= 0.6 is 0 Å². The van der Waals surface area contributed by atoms with Crippen LogP contribution in [0.1, 0.15) is 323 Å². The molecule has 6 nitrogen and oxygen atoms in total. The van der Waals surface area contributed by atoms with Crippen molar-refractivity contribution in [2.24, 2.45) is 0 Å². The monoisotopic (exact) mass is 981 g/mol. The van der Waals surface area contributed by atoms with E-state index in [9.17, 15) is 14.4 Å². The number of ether oxygens (including phenoxy) is 3. The summed E-state index contributed by atoms with van der Waals surface area (Å²) < 4.78 is 16.9. The van der Waals surface area contributed by atoms with Gasteiger partial charge in [-0.1, -0.05) is 275 Å². The molecule has 0 aromatic rings. The van der Waals surface area contributed by atoms with Gasteiger partial charge >= 0.3 is 17.9 Å². The molecule has 1 unspecified atom stereocenters. The van der Waals surface area contributed by atoms with Gasteiger partial charge in [-0.15, -0.1) is 0 Å². The maximum Gasteiger partial charge on any atom is 0.306 e. The smallest absolute Gasteiger partial charge is 0.306 e. The summed E-state index contributed by atoms with van der Waals surface area (Å²) in [6.07, 6.45) is 72.5. The Hall–Kier alpha value is -2.63. The van der Waals surface area contributed by atoms with E-state index in [0.717, 1.165) is 103 Å². The Bertz CT molecular complexity index is 1220. The molecule has 408 valence electrons. The molecule has 0 bridgehead atoms. The minimum atomic E-state index is -0.785. The average molecular weight is 982 g/mol. The summed E-state index contributed by atoms with van der Waals surface area (Å²) >= 11 is 0. The summed E-state index contributed by atoms with van der Waals surface area (Å²) in [5, 5.41) is 0. The third kappa shape index (κ3) is 56.3. The van der Waals surface area contributed by atoms with Gasteiger partial charge in [-0.25, -0.2) is 0 Å². The molecule has 0 aliphatic rings. The molecule has 0 aliphatic carbocycles. The van der Waals surface area contributed by atoms with Gasteiger partial charge in [0.25, 0.3) is 0 Å². The van der Waals surface area contributed by atoms with Crippen LogP contribution in [0.5, 0.6) is 0 Å². The fourth-order valence-electron chi connectivity index (χ4n) is 8.90. The molecular formula is C64H116O6. The third-order valence-electron chi connectivity index (χ3n) is 13.6. The van der Waals surface area contributed by atoms with Gasteiger partial charge in [0.05, 0.1) is 0 Å². The number of carbonyl (C=O) groups is 3. The van der Waals surface area contributed by atoms with Crippen LogP contribution < -0.4 is 0 Å². The summed E-state index contributed by atoms with van der Waals surface area (Å²) in [4.78, 5) is 38.2. The van der Waals surface area contributed by atoms with Crippen LogP contribution in [0.15, 0.2) is 48.6 Å². The molecule has 70 heavy (non-hydrogen) atoms. The highest BCUT2D eigenvalue weighted by Crippen LogP contribution is 2.17. The van der Waals surface area contributed by atoms with E-state index >= 15 is 0 Å². The first-order chi connectivity index (χ1) is 34.5. The minimum absolute atomic E-state index is 0.0803. The van der Waals surface area contributed by atoms with Crippen molar-refractivity contribution in [1.82, 2.24) is 0 Å². The van der Waals surface area contributed by atoms with Crippen LogP contribution in [0.25, 0.3) is 0 Å². The van der Waals surface area contributed by atoms with Crippen LogP contribution in [0, 0.1) is 0 Å². The fourth-order valence-corrected chi connectivity index (χ4v) is 8.90. The lowest BCUT2D eigenvalue weighted by Gasteiger charge is -2.18. The topological polar surface area (TPSA) is 78.9 Å². The van der Waals surface area contributed by atoms with Gasteiger partial charge in [0, 0.05) is 19.3 Å². The highest BCUT2D eigenvalue weighted by molar-refractivity contribution is 5.71. The van der Waals surface area contributed by atoms with Gasteiger partial charge in [0.2, 0.25) is 0 Å². The lowest BCUT2D eigenvalue weighted by atomic mass is 10.0. The summed E-state index contributed by atoms with van der Waals surface area (Å²) in [6, 6.07) is 0. The summed E-state index contributed by atoms with van der Waals surface area (Å²) in [5.74, 6) is -0.892. The molecule has 0 saturated carbocycles. The van der Waals surface area contributed by atoms with Gasteiger partial charge in [-0.3, -0.25) is 14.4 Å². The first-order valence-electron chi connectivity index (χ1n) is 30.6. The largest absolute Gasteiger partial charge is 0.462 e. The van der Waals surface area contributed by atoms with Crippen molar-refractivity contribution in [3.63, 3.8) is 0 Å². The number of hydrogen-bond acceptors (Lipinski definition) is 6. The van der Waals surface area contributed by atoms with Crippen LogP contribution in [0.3, 0.4) is 0 Å². The maximum atomic E-state index is 12.9. The lowest BCUT2D eigenvalue weighted by Crippen LogP contribution is -2.30. The lowest BCUT2D eigenvalue weighted by molar-refractivity contribution is -0.167. The van der Waals surface area contributed by atoms with Gasteiger partial charge in [0.15, 0.2) is 6.10 Å². The second kappa shape index (κ2) is 58.9. The molecule has 0 radical (unpaired) electrons. The molecular weight excluding hydrogens is 865 g/mol. The van der Waals surface area contributed by atoms with Crippen LogP contribution in [-0.4, -0.2) is 37.2 Å². The Labute approximate surface area is 435 Å². The van der Waals surface area contributed by atoms with Crippen molar-refractivity contribution in [1.29, 1.82) is 0 Å². The van der Waals surface area contributed by atoms with E-state index in [1.165, 1.54) is 180 Å². The number of unbranched alkanes of at least 4 members (excludes halogenated alkanes) is 37. The molecule has 0 aliphatic heterocycles. The van der Waals surface area contributed by atoms with E-state index in [-0.39, 0.29) is 31.1 Å². The number of hydrogen-bond donors (Lipinski definition) is 0. The highest BCUT2D eigenvalue weighted by Gasteiger charge is 2.19. The van der Waals surface area contributed by atoms with Crippen molar-refractivity contribution in [3.8, 4) is 0 Å². The normalized spacial score (nSPS) is 12.3. The zero-order valence-electron chi connectivity index (χ0n) is 46.8. The highest BCUT2D eigenvalue weighted by atomic mass is 16.6. The van der Waals surface area contributed by atoms with Gasteiger partial charge in [-0.05, 0) is 77.0 Å². The SMILES string of the molecule is CCCC/C=C\C/C=C\CCCCCCCC(=O)OCC(COC(=O)CCCCCCCCCCCCCCCCCCCCCCCC)OC(=O)CCCCCCC/C=C\C/C=C\CCCCCC. The quantitative estimate of drug-likeness (QED) is 0.0261. The Morgan fingerprint density at radius 3 is 0.843 bits per heavy atom. The molecule has 0 N–H and O–H groups in total. The Morgan fingerprint density at radius 1 is 0.286 bits per heavy atom. The molecule has 0 spiro atoms. The van der Waals surface area contributed by atoms with E-state index < -0.39 is 6.10 Å². The average Bonchev–Trinajstić information content (AvgIpc) is 3.36. The van der Waals surface area contributed by atoms with Crippen molar-refractivity contribution in [2.45, 2.75) is 329 Å². The maximum absolute atomic E-state index is 12.9. The zero-order chi connectivity index (χ0) is 50.7. The molecule has 6 heteroatoms. The molecule has 0 aromatic carbocycles. The first kappa shape index (κ1) is 67.4. The molecule has 0 aromatic heterocycles. The van der Waals surface area contributed by atoms with E-state index in [0.29, 0.717) is 19.3 Å². The predicted octanol–water partition coefficient (Wildman–Crippen LogP) is 20.6. The molecule has 0 amide bonds. The van der Waals surface area contributed by atoms with E-state index in [1.807, 2.05) is 0 Å². The Kier molecular flexibility index (Phi) is 56.7. The third-order valence-corrected chi connectivity index (χ3v) is 13.6. The first-order valence-corrected chi connectivity index (χ1v) is 30.6. The summed E-state index contributed by atoms with van der Waals surface area (Å²) in [6.45, 7) is 6.60. The van der Waals surface area contributed by atoms with Crippen LogP contribution in [0.4, 0.5) is 0 Å².